The van der Waals surface area contributed by atoms with E-state index in [4.69, 9.17) is 14.2 Å². The molecule has 2 aromatic carbocycles. The first kappa shape index (κ1) is 18.7. The molecule has 0 unspecified atom stereocenters. The number of benzene rings is 2. The van der Waals surface area contributed by atoms with Gasteiger partial charge in [-0.05, 0) is 17.2 Å². The molecule has 0 bridgehead atoms. The third-order valence-electron chi connectivity index (χ3n) is 4.77. The molecule has 0 spiro atoms. The summed E-state index contributed by atoms with van der Waals surface area (Å²) in [6.45, 7) is 1.57. The van der Waals surface area contributed by atoms with Crippen molar-refractivity contribution in [1.29, 1.82) is 0 Å². The maximum Gasteiger partial charge on any atom is 0.157 e. The average molecular weight is 376 g/mol. The summed E-state index contributed by atoms with van der Waals surface area (Å²) in [7, 11) is 0. The Labute approximate surface area is 165 Å². The van der Waals surface area contributed by atoms with Crippen LogP contribution in [-0.2, 0) is 27.4 Å². The minimum Gasteiger partial charge on any atom is -0.374 e. The predicted molar refractivity (Wildman–Crippen MR) is 105 cm³/mol. The second-order valence-corrected chi connectivity index (χ2v) is 6.84. The number of nitrogens with zero attached hydrogens (tertiary/aromatic N) is 2. The molecule has 3 aromatic rings. The van der Waals surface area contributed by atoms with Gasteiger partial charge in [-0.25, -0.2) is 9.97 Å². The molecule has 1 aromatic heterocycles. The van der Waals surface area contributed by atoms with Gasteiger partial charge in [0.25, 0.3) is 0 Å². The molecule has 0 amide bonds. The normalized spacial score (nSPS) is 21.6. The zero-order valence-electron chi connectivity index (χ0n) is 15.7. The second-order valence-electron chi connectivity index (χ2n) is 6.84. The van der Waals surface area contributed by atoms with Gasteiger partial charge < -0.3 is 14.2 Å². The smallest absolute Gasteiger partial charge is 0.157 e. The van der Waals surface area contributed by atoms with Crippen molar-refractivity contribution < 1.29 is 14.2 Å². The van der Waals surface area contributed by atoms with Crippen LogP contribution in [0.15, 0.2) is 79.1 Å². The third-order valence-corrected chi connectivity index (χ3v) is 4.77. The minimum absolute atomic E-state index is 0.0650. The van der Waals surface area contributed by atoms with Crippen molar-refractivity contribution in [3.05, 3.63) is 96.1 Å². The summed E-state index contributed by atoms with van der Waals surface area (Å²) in [6.07, 6.45) is 3.81. The van der Waals surface area contributed by atoms with E-state index < -0.39 is 0 Å². The average Bonchev–Trinajstić information content (AvgIpc) is 3.17. The Morgan fingerprint density at radius 1 is 0.821 bits per heavy atom. The Hall–Kier alpha value is -2.60. The van der Waals surface area contributed by atoms with Gasteiger partial charge in [0, 0.05) is 18.8 Å². The molecule has 1 aliphatic heterocycles. The molecular formula is C23H24N2O3. The summed E-state index contributed by atoms with van der Waals surface area (Å²) < 4.78 is 18.3. The first-order valence-corrected chi connectivity index (χ1v) is 9.58. The lowest BCUT2D eigenvalue weighted by atomic mass is 10.1. The van der Waals surface area contributed by atoms with Crippen LogP contribution in [0.2, 0.25) is 0 Å². The Kier molecular flexibility index (Phi) is 6.40. The van der Waals surface area contributed by atoms with Gasteiger partial charge in [0.15, 0.2) is 5.82 Å². The fourth-order valence-electron chi connectivity index (χ4n) is 3.33. The van der Waals surface area contributed by atoms with E-state index >= 15 is 0 Å². The van der Waals surface area contributed by atoms with Crippen molar-refractivity contribution >= 4 is 0 Å². The summed E-state index contributed by atoms with van der Waals surface area (Å²) in [5.74, 6) is 0.696. The molecule has 5 nitrogen and oxygen atoms in total. The van der Waals surface area contributed by atoms with Gasteiger partial charge in [-0.3, -0.25) is 0 Å². The van der Waals surface area contributed by atoms with Crippen molar-refractivity contribution in [2.24, 2.45) is 0 Å². The fraction of sp³-hybridized carbons (Fsp3) is 0.304. The maximum absolute atomic E-state index is 6.21. The lowest BCUT2D eigenvalue weighted by Crippen LogP contribution is -2.29. The Morgan fingerprint density at radius 3 is 2.14 bits per heavy atom. The zero-order valence-corrected chi connectivity index (χ0v) is 15.7. The summed E-state index contributed by atoms with van der Waals surface area (Å²) in [4.78, 5) is 8.69. The Morgan fingerprint density at radius 2 is 1.46 bits per heavy atom. The molecule has 2 heterocycles. The van der Waals surface area contributed by atoms with Crippen LogP contribution in [0.3, 0.4) is 0 Å². The van der Waals surface area contributed by atoms with Crippen molar-refractivity contribution in [1.82, 2.24) is 9.97 Å². The number of rotatable bonds is 8. The van der Waals surface area contributed by atoms with Crippen LogP contribution in [0.5, 0.6) is 0 Å². The van der Waals surface area contributed by atoms with Gasteiger partial charge in [-0.2, -0.15) is 0 Å². The molecule has 3 atom stereocenters. The lowest BCUT2D eigenvalue weighted by Gasteiger charge is -2.19. The van der Waals surface area contributed by atoms with E-state index in [1.165, 1.54) is 0 Å². The van der Waals surface area contributed by atoms with E-state index in [9.17, 15) is 0 Å². The van der Waals surface area contributed by atoms with Crippen molar-refractivity contribution in [2.45, 2.75) is 37.9 Å². The first-order valence-electron chi connectivity index (χ1n) is 9.58. The molecule has 0 saturated carbocycles. The van der Waals surface area contributed by atoms with Crippen LogP contribution in [-0.4, -0.2) is 28.8 Å². The third kappa shape index (κ3) is 5.01. The maximum atomic E-state index is 6.21. The minimum atomic E-state index is -0.174. The summed E-state index contributed by atoms with van der Waals surface area (Å²) in [6, 6.07) is 22.1. The number of hydrogen-bond acceptors (Lipinski definition) is 5. The van der Waals surface area contributed by atoms with Crippen LogP contribution in [0.1, 0.15) is 29.5 Å². The van der Waals surface area contributed by atoms with Crippen molar-refractivity contribution in [3.8, 4) is 0 Å². The molecule has 0 N–H and O–H groups in total. The molecule has 28 heavy (non-hydrogen) atoms. The largest absolute Gasteiger partial charge is 0.374 e. The Bertz CT molecular complexity index is 830. The van der Waals surface area contributed by atoms with Gasteiger partial charge in [0.2, 0.25) is 0 Å². The van der Waals surface area contributed by atoms with Crippen LogP contribution in [0, 0.1) is 0 Å². The molecule has 1 saturated heterocycles. The molecule has 4 rings (SSSR count). The van der Waals surface area contributed by atoms with Crippen LogP contribution < -0.4 is 0 Å². The molecule has 144 valence electrons. The van der Waals surface area contributed by atoms with Crippen LogP contribution in [0.4, 0.5) is 0 Å². The van der Waals surface area contributed by atoms with Gasteiger partial charge in [0.1, 0.15) is 12.2 Å². The van der Waals surface area contributed by atoms with Gasteiger partial charge in [-0.15, -0.1) is 0 Å². The number of aromatic nitrogens is 2. The monoisotopic (exact) mass is 376 g/mol. The lowest BCUT2D eigenvalue weighted by molar-refractivity contribution is -0.0725. The van der Waals surface area contributed by atoms with E-state index in [0.717, 1.165) is 17.5 Å². The summed E-state index contributed by atoms with van der Waals surface area (Å²) in [5.41, 5.74) is 2.29. The quantitative estimate of drug-likeness (QED) is 0.592. The van der Waals surface area contributed by atoms with E-state index in [1.807, 2.05) is 42.5 Å². The van der Waals surface area contributed by atoms with Crippen molar-refractivity contribution in [3.63, 3.8) is 0 Å². The highest BCUT2D eigenvalue weighted by atomic mass is 16.6. The van der Waals surface area contributed by atoms with E-state index in [-0.39, 0.29) is 18.3 Å². The topological polar surface area (TPSA) is 53.5 Å². The summed E-state index contributed by atoms with van der Waals surface area (Å²) in [5, 5.41) is 0. The van der Waals surface area contributed by atoms with Gasteiger partial charge in [-0.1, -0.05) is 60.7 Å². The number of hydrogen-bond donors (Lipinski definition) is 0. The second kappa shape index (κ2) is 9.55. The highest BCUT2D eigenvalue weighted by molar-refractivity contribution is 5.14. The van der Waals surface area contributed by atoms with E-state index in [2.05, 4.69) is 34.2 Å². The van der Waals surface area contributed by atoms with Crippen molar-refractivity contribution in [2.75, 3.05) is 6.61 Å². The fourth-order valence-corrected chi connectivity index (χ4v) is 3.33. The highest BCUT2D eigenvalue weighted by Crippen LogP contribution is 2.33. The molecular weight excluding hydrogens is 352 g/mol. The van der Waals surface area contributed by atoms with Gasteiger partial charge >= 0.3 is 0 Å². The molecule has 5 heteroatoms. The molecule has 1 aliphatic rings. The highest BCUT2D eigenvalue weighted by Gasteiger charge is 2.38. The van der Waals surface area contributed by atoms with Crippen LogP contribution in [0.25, 0.3) is 0 Å². The molecule has 0 radical (unpaired) electrons. The summed E-state index contributed by atoms with van der Waals surface area (Å²) >= 11 is 0. The molecule has 0 aliphatic carbocycles. The standard InChI is InChI=1S/C23H24N2O3/c1-3-8-18(9-4-1)15-26-17-22-20(27-16-19-10-5-2-6-11-19)14-21(28-22)23-24-12-7-13-25-23/h1-13,20-22H,14-17H2/t20-,21+,22+/m0/s1. The number of ether oxygens (including phenoxy) is 3. The van der Waals surface area contributed by atoms with Gasteiger partial charge in [0.05, 0.1) is 25.9 Å². The zero-order chi connectivity index (χ0) is 19.0. The van der Waals surface area contributed by atoms with Crippen LogP contribution >= 0.6 is 0 Å². The van der Waals surface area contributed by atoms with E-state index in [0.29, 0.717) is 25.6 Å². The Balaban J connectivity index is 1.38. The predicted octanol–water partition coefficient (Wildman–Crippen LogP) is 4.11. The first-order chi connectivity index (χ1) is 13.9. The van der Waals surface area contributed by atoms with E-state index in [1.54, 1.807) is 12.4 Å². The molecule has 1 fully saturated rings. The SMILES string of the molecule is c1ccc(COC[C@H]2O[C@@H](c3ncccn3)C[C@@H]2OCc2ccccc2)cc1.